The van der Waals surface area contributed by atoms with Gasteiger partial charge in [-0.05, 0) is 32.4 Å². The first-order valence-corrected chi connectivity index (χ1v) is 7.25. The van der Waals surface area contributed by atoms with Crippen LogP contribution in [0.25, 0.3) is 11.5 Å². The number of aryl methyl sites for hydroxylation is 1. The number of aliphatic hydroxyl groups is 1. The summed E-state index contributed by atoms with van der Waals surface area (Å²) in [6.07, 6.45) is 2.06. The van der Waals surface area contributed by atoms with E-state index < -0.39 is 0 Å². The lowest BCUT2D eigenvalue weighted by Crippen LogP contribution is -2.40. The number of nitrogens with zero attached hydrogens (tertiary/aromatic N) is 1. The molecule has 0 radical (unpaired) electrons. The van der Waals surface area contributed by atoms with Crippen LogP contribution in [0.2, 0.25) is 0 Å². The minimum absolute atomic E-state index is 0.0463. The number of hydrogen-bond acceptors (Lipinski definition) is 4. The molecule has 3 N–H and O–H groups in total. The van der Waals surface area contributed by atoms with Gasteiger partial charge in [-0.3, -0.25) is 0 Å². The monoisotopic (exact) mass is 303 g/mol. The number of benzene rings is 1. The van der Waals surface area contributed by atoms with Crippen molar-refractivity contribution in [2.45, 2.75) is 32.9 Å². The van der Waals surface area contributed by atoms with Gasteiger partial charge >= 0.3 is 6.03 Å². The molecule has 22 heavy (non-hydrogen) atoms. The molecule has 0 saturated carbocycles. The van der Waals surface area contributed by atoms with E-state index >= 15 is 0 Å². The molecule has 2 rings (SSSR count). The highest BCUT2D eigenvalue weighted by Crippen LogP contribution is 2.18. The number of oxazole rings is 1. The average molecular weight is 303 g/mol. The number of amides is 2. The van der Waals surface area contributed by atoms with Crippen LogP contribution in [-0.4, -0.2) is 28.8 Å². The van der Waals surface area contributed by atoms with E-state index in [0.717, 1.165) is 5.56 Å². The van der Waals surface area contributed by atoms with Gasteiger partial charge in [0, 0.05) is 18.2 Å². The van der Waals surface area contributed by atoms with Gasteiger partial charge in [0.05, 0.1) is 12.2 Å². The average Bonchev–Trinajstić information content (AvgIpc) is 2.95. The van der Waals surface area contributed by atoms with E-state index in [1.165, 1.54) is 11.8 Å². The van der Waals surface area contributed by atoms with Crippen LogP contribution >= 0.6 is 0 Å². The summed E-state index contributed by atoms with van der Waals surface area (Å²) in [7, 11) is 0. The summed E-state index contributed by atoms with van der Waals surface area (Å²) in [6, 6.07) is 7.51. The summed E-state index contributed by atoms with van der Waals surface area (Å²) in [5.74, 6) is 0.533. The van der Waals surface area contributed by atoms with Crippen LogP contribution in [0.1, 0.15) is 24.6 Å². The smallest absolute Gasteiger partial charge is 0.315 e. The molecule has 6 heteroatoms. The predicted molar refractivity (Wildman–Crippen MR) is 83.2 cm³/mol. The maximum absolute atomic E-state index is 11.7. The number of urea groups is 1. The Balaban J connectivity index is 1.87. The molecule has 118 valence electrons. The van der Waals surface area contributed by atoms with Gasteiger partial charge in [0.25, 0.3) is 0 Å². The van der Waals surface area contributed by atoms with Gasteiger partial charge in [0.2, 0.25) is 5.89 Å². The number of aromatic nitrogens is 1. The van der Waals surface area contributed by atoms with Gasteiger partial charge in [-0.1, -0.05) is 17.7 Å². The molecule has 0 aliphatic heterocycles. The van der Waals surface area contributed by atoms with E-state index in [4.69, 9.17) is 9.52 Å². The number of carbonyl (C=O) groups excluding carboxylic acids is 1. The SMILES string of the molecule is Cc1ccc(-c2nc(CNC(=O)N[C@H](C)CCO)co2)cc1. The molecule has 0 saturated heterocycles. The van der Waals surface area contributed by atoms with Gasteiger partial charge in [-0.25, -0.2) is 9.78 Å². The molecule has 2 amide bonds. The molecule has 0 aliphatic carbocycles. The van der Waals surface area contributed by atoms with E-state index in [1.807, 2.05) is 38.1 Å². The third-order valence-corrected chi connectivity index (χ3v) is 3.22. The molecule has 0 spiro atoms. The highest BCUT2D eigenvalue weighted by molar-refractivity contribution is 5.74. The molecule has 0 bridgehead atoms. The van der Waals surface area contributed by atoms with Crippen LogP contribution in [0.4, 0.5) is 4.79 Å². The Labute approximate surface area is 129 Å². The fourth-order valence-electron chi connectivity index (χ4n) is 1.93. The zero-order valence-corrected chi connectivity index (χ0v) is 12.8. The van der Waals surface area contributed by atoms with Crippen molar-refractivity contribution in [3.8, 4) is 11.5 Å². The molecule has 6 nitrogen and oxygen atoms in total. The number of carbonyl (C=O) groups is 1. The maximum Gasteiger partial charge on any atom is 0.315 e. The van der Waals surface area contributed by atoms with Crippen molar-refractivity contribution in [3.05, 3.63) is 41.8 Å². The van der Waals surface area contributed by atoms with Gasteiger partial charge in [0.15, 0.2) is 0 Å². The van der Waals surface area contributed by atoms with Crippen molar-refractivity contribution in [1.82, 2.24) is 15.6 Å². The lowest BCUT2D eigenvalue weighted by atomic mass is 10.1. The highest BCUT2D eigenvalue weighted by atomic mass is 16.3. The molecule has 1 aromatic heterocycles. The minimum Gasteiger partial charge on any atom is -0.444 e. The van der Waals surface area contributed by atoms with Crippen molar-refractivity contribution in [2.75, 3.05) is 6.61 Å². The Bertz CT molecular complexity index is 607. The first-order chi connectivity index (χ1) is 10.6. The molecule has 1 aromatic carbocycles. The Morgan fingerprint density at radius 2 is 2.09 bits per heavy atom. The van der Waals surface area contributed by atoms with E-state index in [1.54, 1.807) is 0 Å². The van der Waals surface area contributed by atoms with Crippen LogP contribution in [-0.2, 0) is 6.54 Å². The normalized spacial score (nSPS) is 12.0. The second-order valence-corrected chi connectivity index (χ2v) is 5.25. The maximum atomic E-state index is 11.7. The van der Waals surface area contributed by atoms with Crippen molar-refractivity contribution in [3.63, 3.8) is 0 Å². The van der Waals surface area contributed by atoms with E-state index in [-0.39, 0.29) is 25.2 Å². The standard InChI is InChI=1S/C16H21N3O3/c1-11-3-5-13(6-4-11)15-19-14(10-22-15)9-17-16(21)18-12(2)7-8-20/h3-6,10,12,20H,7-9H2,1-2H3,(H2,17,18,21)/t12-/m1/s1. The summed E-state index contributed by atoms with van der Waals surface area (Å²) < 4.78 is 5.43. The summed E-state index contributed by atoms with van der Waals surface area (Å²) in [4.78, 5) is 16.0. The molecular weight excluding hydrogens is 282 g/mol. The second-order valence-electron chi connectivity index (χ2n) is 5.25. The van der Waals surface area contributed by atoms with Crippen LogP contribution < -0.4 is 10.6 Å². The Kier molecular flexibility index (Phi) is 5.55. The molecule has 1 heterocycles. The Hall–Kier alpha value is -2.34. The van der Waals surface area contributed by atoms with Gasteiger partial charge in [-0.2, -0.15) is 0 Å². The summed E-state index contributed by atoms with van der Waals surface area (Å²) >= 11 is 0. The number of nitrogens with one attached hydrogen (secondary N) is 2. The molecule has 0 unspecified atom stereocenters. The van der Waals surface area contributed by atoms with Crippen molar-refractivity contribution in [2.24, 2.45) is 0 Å². The highest BCUT2D eigenvalue weighted by Gasteiger charge is 2.09. The zero-order valence-electron chi connectivity index (χ0n) is 12.8. The molecule has 1 atom stereocenters. The van der Waals surface area contributed by atoms with Crippen LogP contribution in [0.15, 0.2) is 34.9 Å². The Morgan fingerprint density at radius 3 is 2.77 bits per heavy atom. The second kappa shape index (κ2) is 7.61. The minimum atomic E-state index is -0.291. The molecule has 0 aliphatic rings. The summed E-state index contributed by atoms with van der Waals surface area (Å²) in [5, 5.41) is 14.2. The lowest BCUT2D eigenvalue weighted by molar-refractivity contribution is 0.230. The van der Waals surface area contributed by atoms with Crippen molar-refractivity contribution >= 4 is 6.03 Å². The predicted octanol–water partition coefficient (Wildman–Crippen LogP) is 2.22. The van der Waals surface area contributed by atoms with Crippen molar-refractivity contribution < 1.29 is 14.3 Å². The van der Waals surface area contributed by atoms with Gasteiger partial charge in [-0.15, -0.1) is 0 Å². The number of hydrogen-bond donors (Lipinski definition) is 3. The third kappa shape index (κ3) is 4.60. The quantitative estimate of drug-likeness (QED) is 0.763. The van der Waals surface area contributed by atoms with Crippen molar-refractivity contribution in [1.29, 1.82) is 0 Å². The summed E-state index contributed by atoms with van der Waals surface area (Å²) in [6.45, 7) is 4.18. The summed E-state index contributed by atoms with van der Waals surface area (Å²) in [5.41, 5.74) is 2.73. The van der Waals surface area contributed by atoms with Crippen LogP contribution in [0, 0.1) is 6.92 Å². The first-order valence-electron chi connectivity index (χ1n) is 7.25. The van der Waals surface area contributed by atoms with Gasteiger partial charge < -0.3 is 20.2 Å². The van der Waals surface area contributed by atoms with Crippen LogP contribution in [0.5, 0.6) is 0 Å². The Morgan fingerprint density at radius 1 is 1.36 bits per heavy atom. The fraction of sp³-hybridized carbons (Fsp3) is 0.375. The zero-order chi connectivity index (χ0) is 15.9. The van der Waals surface area contributed by atoms with Crippen LogP contribution in [0.3, 0.4) is 0 Å². The molecular formula is C16H21N3O3. The van der Waals surface area contributed by atoms with E-state index in [2.05, 4.69) is 15.6 Å². The fourth-order valence-corrected chi connectivity index (χ4v) is 1.93. The number of rotatable bonds is 6. The largest absolute Gasteiger partial charge is 0.444 e. The van der Waals surface area contributed by atoms with Gasteiger partial charge in [0.1, 0.15) is 6.26 Å². The number of aliphatic hydroxyl groups excluding tert-OH is 1. The molecule has 0 fully saturated rings. The molecule has 2 aromatic rings. The topological polar surface area (TPSA) is 87.4 Å². The van der Waals surface area contributed by atoms with E-state index in [0.29, 0.717) is 18.0 Å². The lowest BCUT2D eigenvalue weighted by Gasteiger charge is -2.12. The first kappa shape index (κ1) is 16.0. The third-order valence-electron chi connectivity index (χ3n) is 3.22. The van der Waals surface area contributed by atoms with E-state index in [9.17, 15) is 4.79 Å².